The third kappa shape index (κ3) is 5.84. The zero-order valence-electron chi connectivity index (χ0n) is 18.3. The van der Waals surface area contributed by atoms with Crippen molar-refractivity contribution in [2.45, 2.75) is 45.4 Å². The molecule has 1 aliphatic carbocycles. The highest BCUT2D eigenvalue weighted by Gasteiger charge is 2.26. The van der Waals surface area contributed by atoms with Gasteiger partial charge in [0.1, 0.15) is 17.2 Å². The Morgan fingerprint density at radius 2 is 1.75 bits per heavy atom. The van der Waals surface area contributed by atoms with E-state index in [0.29, 0.717) is 41.4 Å². The molecule has 0 heterocycles. The molecular formula is C24H30N4O4. The number of ketones is 1. The molecule has 1 aliphatic rings. The number of ether oxygens (including phenoxy) is 2. The summed E-state index contributed by atoms with van der Waals surface area (Å²) in [7, 11) is 0. The number of carbonyl (C=O) groups is 1. The number of carbonyl (C=O) groups excluding carboxylic acids is 1. The molecule has 0 spiro atoms. The van der Waals surface area contributed by atoms with Gasteiger partial charge in [-0.3, -0.25) is 10.2 Å². The van der Waals surface area contributed by atoms with E-state index in [4.69, 9.17) is 20.7 Å². The van der Waals surface area contributed by atoms with E-state index in [1.165, 1.54) is 0 Å². The third-order valence-corrected chi connectivity index (χ3v) is 5.72. The number of Topliss-reactive ketones (excluding diaryl/α,β-unsaturated/α-hetero) is 1. The van der Waals surface area contributed by atoms with E-state index in [9.17, 15) is 9.90 Å². The Hall–Kier alpha value is -3.42. The number of phenolic OH excluding ortho intramolecular Hbond substituents is 1. The van der Waals surface area contributed by atoms with Gasteiger partial charge < -0.3 is 20.4 Å². The smallest absolute Gasteiger partial charge is 0.176 e. The minimum absolute atomic E-state index is 0.00605. The summed E-state index contributed by atoms with van der Waals surface area (Å²) in [5.74, 6) is 6.36. The maximum Gasteiger partial charge on any atom is 0.176 e. The van der Waals surface area contributed by atoms with Crippen LogP contribution in [0.1, 0.15) is 60.0 Å². The van der Waals surface area contributed by atoms with Gasteiger partial charge in [0.15, 0.2) is 11.6 Å². The fourth-order valence-corrected chi connectivity index (χ4v) is 3.85. The van der Waals surface area contributed by atoms with Crippen molar-refractivity contribution in [2.24, 2.45) is 22.1 Å². The summed E-state index contributed by atoms with van der Waals surface area (Å²) in [5.41, 5.74) is 1.61. The number of phenols is 1. The monoisotopic (exact) mass is 438 g/mol. The Morgan fingerprint density at radius 3 is 2.41 bits per heavy atom. The Balaban J connectivity index is 1.41. The average molecular weight is 439 g/mol. The van der Waals surface area contributed by atoms with Crippen LogP contribution in [-0.2, 0) is 0 Å². The van der Waals surface area contributed by atoms with Crippen molar-refractivity contribution in [3.63, 3.8) is 0 Å². The largest absolute Gasteiger partial charge is 0.507 e. The number of amidine groups is 1. The van der Waals surface area contributed by atoms with E-state index in [0.717, 1.165) is 38.5 Å². The van der Waals surface area contributed by atoms with Crippen LogP contribution in [0.15, 0.2) is 46.7 Å². The molecule has 0 saturated heterocycles. The molecule has 0 bridgehead atoms. The molecule has 0 aliphatic heterocycles. The molecule has 1 saturated carbocycles. The third-order valence-electron chi connectivity index (χ3n) is 5.72. The minimum Gasteiger partial charge on any atom is -0.507 e. The summed E-state index contributed by atoms with van der Waals surface area (Å²) in [6, 6.07) is 10.5. The maximum absolute atomic E-state index is 12.6. The van der Waals surface area contributed by atoms with Crippen LogP contribution >= 0.6 is 0 Å². The van der Waals surface area contributed by atoms with E-state index in [1.807, 2.05) is 0 Å². The molecule has 1 fully saturated rings. The SMILES string of the molecule is Cc1c(OCCCCOc2ccc(C(=N)N=NN)cc2)ccc(C(=O)C2CCCC2)c1O. The maximum atomic E-state index is 12.6. The highest BCUT2D eigenvalue weighted by molar-refractivity contribution is 6.01. The molecule has 0 unspecified atom stereocenters. The van der Waals surface area contributed by atoms with E-state index in [-0.39, 0.29) is 23.3 Å². The van der Waals surface area contributed by atoms with E-state index in [1.54, 1.807) is 43.3 Å². The molecule has 2 aromatic carbocycles. The number of nitrogens with zero attached hydrogens (tertiary/aromatic N) is 2. The zero-order valence-corrected chi connectivity index (χ0v) is 18.3. The summed E-state index contributed by atoms with van der Waals surface area (Å²) in [5, 5.41) is 24.8. The number of benzene rings is 2. The summed E-state index contributed by atoms with van der Waals surface area (Å²) in [6.45, 7) is 2.79. The van der Waals surface area contributed by atoms with Crippen LogP contribution in [0.25, 0.3) is 0 Å². The van der Waals surface area contributed by atoms with Gasteiger partial charge in [-0.05, 0) is 69.0 Å². The lowest BCUT2D eigenvalue weighted by Crippen LogP contribution is -2.12. The summed E-state index contributed by atoms with van der Waals surface area (Å²) < 4.78 is 11.5. The van der Waals surface area contributed by atoms with E-state index < -0.39 is 0 Å². The van der Waals surface area contributed by atoms with E-state index >= 15 is 0 Å². The molecule has 170 valence electrons. The van der Waals surface area contributed by atoms with Crippen molar-refractivity contribution in [1.29, 1.82) is 5.41 Å². The van der Waals surface area contributed by atoms with Crippen LogP contribution in [0, 0.1) is 18.3 Å². The molecule has 0 radical (unpaired) electrons. The Morgan fingerprint density at radius 1 is 1.09 bits per heavy atom. The lowest BCUT2D eigenvalue weighted by molar-refractivity contribution is 0.0920. The van der Waals surface area contributed by atoms with Crippen molar-refractivity contribution in [2.75, 3.05) is 13.2 Å². The molecule has 0 aromatic heterocycles. The molecule has 8 nitrogen and oxygen atoms in total. The lowest BCUT2D eigenvalue weighted by Gasteiger charge is -2.15. The molecule has 0 atom stereocenters. The molecule has 8 heteroatoms. The second kappa shape index (κ2) is 11.3. The van der Waals surface area contributed by atoms with Gasteiger partial charge in [0, 0.05) is 17.0 Å². The molecule has 32 heavy (non-hydrogen) atoms. The van der Waals surface area contributed by atoms with Crippen molar-refractivity contribution < 1.29 is 19.4 Å². The molecule has 0 amide bonds. The number of nitrogens with one attached hydrogen (secondary N) is 1. The fraction of sp³-hybridized carbons (Fsp3) is 0.417. The first-order valence-corrected chi connectivity index (χ1v) is 10.9. The van der Waals surface area contributed by atoms with Crippen LogP contribution in [-0.4, -0.2) is 29.9 Å². The van der Waals surface area contributed by atoms with Crippen molar-refractivity contribution >= 4 is 11.6 Å². The minimum atomic E-state index is -0.00605. The lowest BCUT2D eigenvalue weighted by atomic mass is 9.94. The van der Waals surface area contributed by atoms with Crippen LogP contribution in [0.4, 0.5) is 0 Å². The predicted molar refractivity (Wildman–Crippen MR) is 122 cm³/mol. The zero-order chi connectivity index (χ0) is 22.9. The molecule has 3 rings (SSSR count). The van der Waals surface area contributed by atoms with Gasteiger partial charge >= 0.3 is 0 Å². The normalized spacial score (nSPS) is 14.0. The molecular weight excluding hydrogens is 408 g/mol. The number of rotatable bonds is 10. The predicted octanol–water partition coefficient (Wildman–Crippen LogP) is 4.96. The average Bonchev–Trinajstić information content (AvgIpc) is 3.34. The van der Waals surface area contributed by atoms with Gasteiger partial charge in [-0.15, -0.1) is 5.11 Å². The summed E-state index contributed by atoms with van der Waals surface area (Å²) in [6.07, 6.45) is 5.56. The van der Waals surface area contributed by atoms with Crippen LogP contribution in [0.5, 0.6) is 17.2 Å². The van der Waals surface area contributed by atoms with Crippen molar-refractivity contribution in [1.82, 2.24) is 0 Å². The van der Waals surface area contributed by atoms with Crippen molar-refractivity contribution in [3.8, 4) is 17.2 Å². The topological polar surface area (TPSA) is 130 Å². The number of aromatic hydroxyl groups is 1. The second-order valence-electron chi connectivity index (χ2n) is 7.92. The first-order valence-electron chi connectivity index (χ1n) is 10.9. The van der Waals surface area contributed by atoms with Gasteiger partial charge in [-0.1, -0.05) is 18.1 Å². The van der Waals surface area contributed by atoms with Gasteiger partial charge in [-0.2, -0.15) is 0 Å². The Kier molecular flexibility index (Phi) is 8.19. The quantitative estimate of drug-likeness (QED) is 0.0917. The number of unbranched alkanes of at least 4 members (excludes halogenated alkanes) is 1. The fourth-order valence-electron chi connectivity index (χ4n) is 3.85. The van der Waals surface area contributed by atoms with Gasteiger partial charge in [0.05, 0.1) is 18.8 Å². The van der Waals surface area contributed by atoms with E-state index in [2.05, 4.69) is 10.3 Å². The van der Waals surface area contributed by atoms with Crippen LogP contribution in [0.2, 0.25) is 0 Å². The Bertz CT molecular complexity index is 967. The Labute approximate surface area is 187 Å². The first-order chi connectivity index (χ1) is 15.5. The highest BCUT2D eigenvalue weighted by atomic mass is 16.5. The van der Waals surface area contributed by atoms with Crippen molar-refractivity contribution in [3.05, 3.63) is 53.1 Å². The number of nitrogens with two attached hydrogens (primary N) is 1. The summed E-state index contributed by atoms with van der Waals surface area (Å²) in [4.78, 5) is 12.6. The number of hydrogen-bond donors (Lipinski definition) is 3. The number of hydrogen-bond acceptors (Lipinski definition) is 6. The van der Waals surface area contributed by atoms with Gasteiger partial charge in [-0.25, -0.2) is 0 Å². The molecule has 2 aromatic rings. The molecule has 4 N–H and O–H groups in total. The van der Waals surface area contributed by atoms with Crippen LogP contribution < -0.4 is 15.3 Å². The highest BCUT2D eigenvalue weighted by Crippen LogP contribution is 2.35. The van der Waals surface area contributed by atoms with Crippen LogP contribution in [0.3, 0.4) is 0 Å². The van der Waals surface area contributed by atoms with Gasteiger partial charge in [0.25, 0.3) is 0 Å². The second-order valence-corrected chi connectivity index (χ2v) is 7.92. The van der Waals surface area contributed by atoms with Gasteiger partial charge in [0.2, 0.25) is 0 Å². The summed E-state index contributed by atoms with van der Waals surface area (Å²) >= 11 is 0. The first kappa shape index (κ1) is 23.2. The standard InChI is InChI=1S/C24H30N4O4/c1-16-21(13-12-20(22(16)29)23(30)17-6-2-3-7-17)32-15-5-4-14-31-19-10-8-18(9-11-19)24(25)27-28-26/h8-13,17,29H,2-7,14-15H2,1H3,(H3,25,26,27).